The van der Waals surface area contributed by atoms with Crippen molar-refractivity contribution < 1.29 is 9.59 Å². The molecule has 0 unspecified atom stereocenters. The maximum Gasteiger partial charge on any atom is 0.275 e. The normalized spacial score (nSPS) is 10.4. The molecule has 0 saturated carbocycles. The van der Waals surface area contributed by atoms with Crippen LogP contribution >= 0.6 is 22.9 Å². The van der Waals surface area contributed by atoms with Gasteiger partial charge in [-0.15, -0.1) is 11.3 Å². The number of hydrogen-bond donors (Lipinski definition) is 2. The van der Waals surface area contributed by atoms with Crippen molar-refractivity contribution in [2.45, 2.75) is 13.8 Å². The summed E-state index contributed by atoms with van der Waals surface area (Å²) in [5.41, 5.74) is 2.61. The van der Waals surface area contributed by atoms with Gasteiger partial charge in [-0.3, -0.25) is 9.59 Å². The van der Waals surface area contributed by atoms with Gasteiger partial charge in [-0.2, -0.15) is 0 Å². The molecular weight excluding hydrogens is 370 g/mol. The summed E-state index contributed by atoms with van der Waals surface area (Å²) in [4.78, 5) is 28.9. The Morgan fingerprint density at radius 3 is 2.42 bits per heavy atom. The average Bonchev–Trinajstić information content (AvgIpc) is 2.97. The van der Waals surface area contributed by atoms with Crippen molar-refractivity contribution in [2.24, 2.45) is 0 Å². The van der Waals surface area contributed by atoms with Crippen molar-refractivity contribution in [1.29, 1.82) is 0 Å². The molecule has 3 rings (SSSR count). The third-order valence-corrected chi connectivity index (χ3v) is 4.80. The van der Waals surface area contributed by atoms with E-state index in [0.717, 1.165) is 15.4 Å². The Balaban J connectivity index is 1.80. The van der Waals surface area contributed by atoms with Crippen molar-refractivity contribution in [3.63, 3.8) is 0 Å². The number of benzene rings is 2. The summed E-state index contributed by atoms with van der Waals surface area (Å²) in [5.74, 6) is -0.398. The van der Waals surface area contributed by atoms with Crippen LogP contribution in [0.4, 0.5) is 11.4 Å². The molecule has 7 heteroatoms. The molecule has 2 amide bonds. The van der Waals surface area contributed by atoms with Crippen molar-refractivity contribution in [2.75, 3.05) is 10.6 Å². The topological polar surface area (TPSA) is 71.1 Å². The largest absolute Gasteiger partial charge is 0.326 e. The summed E-state index contributed by atoms with van der Waals surface area (Å²) >= 11 is 7.39. The van der Waals surface area contributed by atoms with Gasteiger partial charge in [0.2, 0.25) is 5.91 Å². The molecule has 0 bridgehead atoms. The zero-order valence-electron chi connectivity index (χ0n) is 14.2. The first kappa shape index (κ1) is 18.1. The number of aryl methyl sites for hydroxylation is 1. The van der Waals surface area contributed by atoms with Crippen LogP contribution in [0.25, 0.3) is 10.6 Å². The van der Waals surface area contributed by atoms with E-state index in [1.807, 2.05) is 19.1 Å². The SMILES string of the molecule is CC(=O)Nc1ccc(-c2nc(C(=O)Nc3cccc(Cl)c3)c(C)s2)cc1. The molecule has 5 nitrogen and oxygen atoms in total. The van der Waals surface area contributed by atoms with Gasteiger partial charge in [-0.25, -0.2) is 4.98 Å². The van der Waals surface area contributed by atoms with Crippen LogP contribution in [0.5, 0.6) is 0 Å². The van der Waals surface area contributed by atoms with Gasteiger partial charge < -0.3 is 10.6 Å². The lowest BCUT2D eigenvalue weighted by Crippen LogP contribution is -2.13. The molecule has 0 atom stereocenters. The molecule has 132 valence electrons. The number of anilines is 2. The minimum atomic E-state index is -0.276. The molecule has 0 fully saturated rings. The summed E-state index contributed by atoms with van der Waals surface area (Å²) in [6.07, 6.45) is 0. The van der Waals surface area contributed by atoms with Gasteiger partial charge in [0, 0.05) is 33.8 Å². The second kappa shape index (κ2) is 7.68. The van der Waals surface area contributed by atoms with Gasteiger partial charge in [-0.05, 0) is 49.4 Å². The van der Waals surface area contributed by atoms with Gasteiger partial charge in [0.05, 0.1) is 0 Å². The van der Waals surface area contributed by atoms with Gasteiger partial charge in [0.25, 0.3) is 5.91 Å². The van der Waals surface area contributed by atoms with Gasteiger partial charge in [0.15, 0.2) is 0 Å². The lowest BCUT2D eigenvalue weighted by molar-refractivity contribution is -0.114. The maximum atomic E-state index is 12.5. The Hall–Kier alpha value is -2.70. The minimum absolute atomic E-state index is 0.122. The van der Waals surface area contributed by atoms with Gasteiger partial charge in [-0.1, -0.05) is 17.7 Å². The zero-order valence-corrected chi connectivity index (χ0v) is 15.7. The van der Waals surface area contributed by atoms with Crippen molar-refractivity contribution in [1.82, 2.24) is 4.98 Å². The van der Waals surface area contributed by atoms with Crippen LogP contribution in [0.3, 0.4) is 0 Å². The lowest BCUT2D eigenvalue weighted by Gasteiger charge is -2.04. The molecule has 3 aromatic rings. The number of amides is 2. The summed E-state index contributed by atoms with van der Waals surface area (Å²) < 4.78 is 0. The second-order valence-electron chi connectivity index (χ2n) is 5.65. The first-order valence-electron chi connectivity index (χ1n) is 7.85. The predicted molar refractivity (Wildman–Crippen MR) is 106 cm³/mol. The lowest BCUT2D eigenvalue weighted by atomic mass is 10.2. The molecule has 0 aliphatic heterocycles. The highest BCUT2D eigenvalue weighted by molar-refractivity contribution is 7.15. The third kappa shape index (κ3) is 4.28. The fourth-order valence-corrected chi connectivity index (χ4v) is 3.49. The molecule has 0 spiro atoms. The Morgan fingerprint density at radius 2 is 1.77 bits per heavy atom. The van der Waals surface area contributed by atoms with Crippen LogP contribution in [-0.2, 0) is 4.79 Å². The second-order valence-corrected chi connectivity index (χ2v) is 7.29. The molecule has 0 aliphatic carbocycles. The smallest absolute Gasteiger partial charge is 0.275 e. The van der Waals surface area contributed by atoms with E-state index in [9.17, 15) is 9.59 Å². The van der Waals surface area contributed by atoms with Crippen molar-refractivity contribution in [3.05, 3.63) is 64.1 Å². The number of hydrogen-bond acceptors (Lipinski definition) is 4. The van der Waals surface area contributed by atoms with Gasteiger partial charge in [0.1, 0.15) is 10.7 Å². The number of halogens is 1. The zero-order chi connectivity index (χ0) is 18.7. The van der Waals surface area contributed by atoms with E-state index < -0.39 is 0 Å². The molecular formula is C19H16ClN3O2S. The molecule has 0 aliphatic rings. The number of carbonyl (C=O) groups excluding carboxylic acids is 2. The highest BCUT2D eigenvalue weighted by atomic mass is 35.5. The van der Waals surface area contributed by atoms with E-state index in [1.54, 1.807) is 36.4 Å². The van der Waals surface area contributed by atoms with E-state index in [0.29, 0.717) is 22.1 Å². The summed E-state index contributed by atoms with van der Waals surface area (Å²) in [6, 6.07) is 14.3. The third-order valence-electron chi connectivity index (χ3n) is 3.55. The molecule has 2 aromatic carbocycles. The number of thiazole rings is 1. The summed E-state index contributed by atoms with van der Waals surface area (Å²) in [7, 11) is 0. The highest BCUT2D eigenvalue weighted by Gasteiger charge is 2.16. The summed E-state index contributed by atoms with van der Waals surface area (Å²) in [6.45, 7) is 3.32. The fourth-order valence-electron chi connectivity index (χ4n) is 2.39. The molecule has 26 heavy (non-hydrogen) atoms. The highest BCUT2D eigenvalue weighted by Crippen LogP contribution is 2.29. The minimum Gasteiger partial charge on any atom is -0.326 e. The van der Waals surface area contributed by atoms with Crippen LogP contribution < -0.4 is 10.6 Å². The Labute approximate surface area is 160 Å². The number of carbonyl (C=O) groups is 2. The van der Waals surface area contributed by atoms with Crippen LogP contribution in [0, 0.1) is 6.92 Å². The Morgan fingerprint density at radius 1 is 1.04 bits per heavy atom. The number of rotatable bonds is 4. The van der Waals surface area contributed by atoms with E-state index >= 15 is 0 Å². The van der Waals surface area contributed by atoms with E-state index in [-0.39, 0.29) is 11.8 Å². The molecule has 2 N–H and O–H groups in total. The van der Waals surface area contributed by atoms with Crippen molar-refractivity contribution >= 4 is 46.1 Å². The standard InChI is InChI=1S/C19H16ClN3O2S/c1-11-17(18(25)22-16-5-3-4-14(20)10-16)23-19(26-11)13-6-8-15(9-7-13)21-12(2)24/h3-10H,1-2H3,(H,21,24)(H,22,25). The van der Waals surface area contributed by atoms with Crippen LogP contribution in [0.1, 0.15) is 22.3 Å². The Bertz CT molecular complexity index is 967. The number of aromatic nitrogens is 1. The van der Waals surface area contributed by atoms with Gasteiger partial charge >= 0.3 is 0 Å². The first-order chi connectivity index (χ1) is 12.4. The maximum absolute atomic E-state index is 12.5. The quantitative estimate of drug-likeness (QED) is 0.665. The molecule has 0 saturated heterocycles. The monoisotopic (exact) mass is 385 g/mol. The molecule has 0 radical (unpaired) electrons. The number of nitrogens with one attached hydrogen (secondary N) is 2. The van der Waals surface area contributed by atoms with E-state index in [1.165, 1.54) is 18.3 Å². The molecule has 1 heterocycles. The number of nitrogens with zero attached hydrogens (tertiary/aromatic N) is 1. The van der Waals surface area contributed by atoms with E-state index in [2.05, 4.69) is 15.6 Å². The summed E-state index contributed by atoms with van der Waals surface area (Å²) in [5, 5.41) is 6.83. The Kier molecular flexibility index (Phi) is 5.35. The van der Waals surface area contributed by atoms with Crippen LogP contribution in [-0.4, -0.2) is 16.8 Å². The van der Waals surface area contributed by atoms with E-state index in [4.69, 9.17) is 11.6 Å². The first-order valence-corrected chi connectivity index (χ1v) is 9.04. The van der Waals surface area contributed by atoms with Crippen molar-refractivity contribution in [3.8, 4) is 10.6 Å². The molecule has 1 aromatic heterocycles. The predicted octanol–water partition coefficient (Wildman–Crippen LogP) is 4.98. The fraction of sp³-hybridized carbons (Fsp3) is 0.105. The van der Waals surface area contributed by atoms with Crippen LogP contribution in [0.15, 0.2) is 48.5 Å². The van der Waals surface area contributed by atoms with Crippen LogP contribution in [0.2, 0.25) is 5.02 Å². The average molecular weight is 386 g/mol.